The minimum atomic E-state index is 0.0612. The lowest BCUT2D eigenvalue weighted by molar-refractivity contribution is -0.132. The van der Waals surface area contributed by atoms with Crippen LogP contribution in [0.3, 0.4) is 0 Å². The van der Waals surface area contributed by atoms with Crippen molar-refractivity contribution in [1.82, 2.24) is 10.2 Å². The average molecular weight is 284 g/mol. The Kier molecular flexibility index (Phi) is 5.58. The second-order valence-corrected chi connectivity index (χ2v) is 7.47. The molecule has 2 aliphatic rings. The maximum Gasteiger partial charge on any atom is 0.241 e. The van der Waals surface area contributed by atoms with Crippen molar-refractivity contribution in [3.05, 3.63) is 0 Å². The van der Waals surface area contributed by atoms with Crippen molar-refractivity contribution < 1.29 is 4.79 Å². The fourth-order valence-corrected chi connectivity index (χ4v) is 4.33. The van der Waals surface area contributed by atoms with E-state index in [4.69, 9.17) is 0 Å². The zero-order valence-electron chi connectivity index (χ0n) is 12.5. The van der Waals surface area contributed by atoms with Crippen LogP contribution in [0.2, 0.25) is 0 Å². The number of carbonyl (C=O) groups excluding carboxylic acids is 1. The predicted molar refractivity (Wildman–Crippen MR) is 82.3 cm³/mol. The van der Waals surface area contributed by atoms with Crippen LogP contribution in [0.25, 0.3) is 0 Å². The van der Waals surface area contributed by atoms with E-state index in [1.165, 1.54) is 24.3 Å². The molecule has 110 valence electrons. The van der Waals surface area contributed by atoms with E-state index in [-0.39, 0.29) is 12.2 Å². The monoisotopic (exact) mass is 284 g/mol. The summed E-state index contributed by atoms with van der Waals surface area (Å²) in [4.78, 5) is 14.9. The number of nitrogens with zero attached hydrogens (tertiary/aromatic N) is 1. The second-order valence-electron chi connectivity index (χ2n) is 6.24. The molecule has 2 atom stereocenters. The maximum atomic E-state index is 12.7. The molecule has 2 fully saturated rings. The van der Waals surface area contributed by atoms with Gasteiger partial charge < -0.3 is 4.90 Å². The van der Waals surface area contributed by atoms with Gasteiger partial charge in [-0.1, -0.05) is 27.2 Å². The van der Waals surface area contributed by atoms with Crippen LogP contribution in [-0.4, -0.2) is 40.6 Å². The van der Waals surface area contributed by atoms with Crippen molar-refractivity contribution in [3.8, 4) is 0 Å². The maximum absolute atomic E-state index is 12.7. The molecule has 0 aromatic rings. The van der Waals surface area contributed by atoms with Gasteiger partial charge in [-0.05, 0) is 43.1 Å². The molecule has 2 unspecified atom stereocenters. The van der Waals surface area contributed by atoms with Gasteiger partial charge in [0.05, 0.1) is 12.2 Å². The van der Waals surface area contributed by atoms with Gasteiger partial charge in [0.1, 0.15) is 0 Å². The van der Waals surface area contributed by atoms with E-state index in [1.807, 2.05) is 11.8 Å². The largest absolute Gasteiger partial charge is 0.323 e. The van der Waals surface area contributed by atoms with Gasteiger partial charge in [0, 0.05) is 6.04 Å². The smallest absolute Gasteiger partial charge is 0.241 e. The molecular weight excluding hydrogens is 256 g/mol. The number of thioether (sulfide) groups is 1. The molecule has 2 rings (SSSR count). The van der Waals surface area contributed by atoms with Crippen molar-refractivity contribution in [2.45, 2.75) is 71.1 Å². The van der Waals surface area contributed by atoms with E-state index in [0.717, 1.165) is 19.3 Å². The molecule has 4 heteroatoms. The van der Waals surface area contributed by atoms with Crippen LogP contribution in [0, 0.1) is 5.92 Å². The van der Waals surface area contributed by atoms with E-state index in [9.17, 15) is 4.79 Å². The Morgan fingerprint density at radius 1 is 1.37 bits per heavy atom. The van der Waals surface area contributed by atoms with Crippen LogP contribution in [0.4, 0.5) is 0 Å². The Morgan fingerprint density at radius 3 is 2.63 bits per heavy atom. The van der Waals surface area contributed by atoms with Gasteiger partial charge in [-0.3, -0.25) is 10.1 Å². The number of rotatable bonds is 5. The number of nitrogens with one attached hydrogen (secondary N) is 1. The van der Waals surface area contributed by atoms with Crippen LogP contribution in [0.15, 0.2) is 0 Å². The van der Waals surface area contributed by atoms with Gasteiger partial charge in [0.2, 0.25) is 5.91 Å². The summed E-state index contributed by atoms with van der Waals surface area (Å²) in [6.45, 7) is 6.60. The number of amides is 1. The molecule has 2 heterocycles. The van der Waals surface area contributed by atoms with Crippen LogP contribution < -0.4 is 5.32 Å². The van der Waals surface area contributed by atoms with Crippen LogP contribution >= 0.6 is 11.8 Å². The summed E-state index contributed by atoms with van der Waals surface area (Å²) in [5.74, 6) is 3.36. The van der Waals surface area contributed by atoms with Gasteiger partial charge >= 0.3 is 0 Å². The first-order chi connectivity index (χ1) is 9.13. The topological polar surface area (TPSA) is 32.3 Å². The van der Waals surface area contributed by atoms with E-state index in [2.05, 4.69) is 31.0 Å². The lowest BCUT2D eigenvalue weighted by Crippen LogP contribution is -2.46. The molecule has 0 aromatic heterocycles. The Bertz CT molecular complexity index is 303. The standard InChI is InChI=1S/C15H28N2OS/c1-4-5-14-16-13(10-11(2)3)15(18)17(14)12-6-8-19-9-7-12/h11-14,16H,4-10H2,1-3H3. The second kappa shape index (κ2) is 6.98. The Balaban J connectivity index is 2.05. The van der Waals surface area contributed by atoms with Gasteiger partial charge in [-0.2, -0.15) is 11.8 Å². The van der Waals surface area contributed by atoms with Crippen LogP contribution in [-0.2, 0) is 4.79 Å². The minimum Gasteiger partial charge on any atom is -0.323 e. The normalized spacial score (nSPS) is 29.5. The third kappa shape index (κ3) is 3.66. The van der Waals surface area contributed by atoms with E-state index in [0.29, 0.717) is 17.9 Å². The molecule has 2 saturated heterocycles. The van der Waals surface area contributed by atoms with Crippen molar-refractivity contribution in [2.24, 2.45) is 5.92 Å². The summed E-state index contributed by atoms with van der Waals surface area (Å²) in [6.07, 6.45) is 5.83. The Hall–Kier alpha value is -0.220. The molecule has 0 saturated carbocycles. The highest BCUT2D eigenvalue weighted by atomic mass is 32.2. The van der Waals surface area contributed by atoms with Crippen molar-refractivity contribution in [2.75, 3.05) is 11.5 Å². The molecule has 3 nitrogen and oxygen atoms in total. The lowest BCUT2D eigenvalue weighted by atomic mass is 10.0. The van der Waals surface area contributed by atoms with E-state index < -0.39 is 0 Å². The van der Waals surface area contributed by atoms with Gasteiger partial charge in [-0.15, -0.1) is 0 Å². The van der Waals surface area contributed by atoms with Gasteiger partial charge in [0.15, 0.2) is 0 Å². The summed E-state index contributed by atoms with van der Waals surface area (Å²) >= 11 is 2.03. The van der Waals surface area contributed by atoms with Gasteiger partial charge in [-0.25, -0.2) is 0 Å². The lowest BCUT2D eigenvalue weighted by Gasteiger charge is -2.35. The third-order valence-corrected chi connectivity index (χ3v) is 5.18. The fourth-order valence-electron chi connectivity index (χ4n) is 3.25. The van der Waals surface area contributed by atoms with Crippen molar-refractivity contribution >= 4 is 17.7 Å². The SMILES string of the molecule is CCCC1NC(CC(C)C)C(=O)N1C1CCSCC1. The highest BCUT2D eigenvalue weighted by Gasteiger charge is 2.42. The summed E-state index contributed by atoms with van der Waals surface area (Å²) in [7, 11) is 0. The molecule has 2 aliphatic heterocycles. The summed E-state index contributed by atoms with van der Waals surface area (Å²) in [5, 5.41) is 3.59. The predicted octanol–water partition coefficient (Wildman–Crippen LogP) is 2.85. The summed E-state index contributed by atoms with van der Waals surface area (Å²) in [5.41, 5.74) is 0. The highest BCUT2D eigenvalue weighted by molar-refractivity contribution is 7.99. The summed E-state index contributed by atoms with van der Waals surface area (Å²) in [6, 6.07) is 0.543. The zero-order valence-corrected chi connectivity index (χ0v) is 13.3. The van der Waals surface area contributed by atoms with Crippen LogP contribution in [0.5, 0.6) is 0 Å². The highest BCUT2D eigenvalue weighted by Crippen LogP contribution is 2.29. The molecule has 19 heavy (non-hydrogen) atoms. The van der Waals surface area contributed by atoms with Gasteiger partial charge in [0.25, 0.3) is 0 Å². The number of hydrogen-bond acceptors (Lipinski definition) is 3. The molecule has 1 N–H and O–H groups in total. The molecule has 0 radical (unpaired) electrons. The average Bonchev–Trinajstić information content (AvgIpc) is 2.67. The first-order valence-electron chi connectivity index (χ1n) is 7.79. The first kappa shape index (κ1) is 15.2. The van der Waals surface area contributed by atoms with Crippen molar-refractivity contribution in [3.63, 3.8) is 0 Å². The number of carbonyl (C=O) groups is 1. The number of hydrogen-bond donors (Lipinski definition) is 1. The van der Waals surface area contributed by atoms with E-state index in [1.54, 1.807) is 0 Å². The Morgan fingerprint density at radius 2 is 2.05 bits per heavy atom. The molecular formula is C15H28N2OS. The minimum absolute atomic E-state index is 0.0612. The van der Waals surface area contributed by atoms with Crippen molar-refractivity contribution in [1.29, 1.82) is 0 Å². The molecule has 0 aromatic carbocycles. The summed E-state index contributed by atoms with van der Waals surface area (Å²) < 4.78 is 0. The third-order valence-electron chi connectivity index (χ3n) is 4.14. The van der Waals surface area contributed by atoms with Crippen LogP contribution in [0.1, 0.15) is 52.9 Å². The zero-order chi connectivity index (χ0) is 13.8. The quantitative estimate of drug-likeness (QED) is 0.842. The Labute approximate surface area is 121 Å². The first-order valence-corrected chi connectivity index (χ1v) is 8.95. The van der Waals surface area contributed by atoms with E-state index >= 15 is 0 Å². The molecule has 0 aliphatic carbocycles. The molecule has 0 spiro atoms. The molecule has 1 amide bonds. The molecule has 0 bridgehead atoms. The fraction of sp³-hybridized carbons (Fsp3) is 0.933.